The predicted octanol–water partition coefficient (Wildman–Crippen LogP) is 3.67. The molecule has 2 aliphatic carbocycles. The van der Waals surface area contributed by atoms with Gasteiger partial charge in [-0.15, -0.1) is 0 Å². The standard InChI is InChI=1S/C25H28N2O5/c1-15(2)13-21(22(28)29)26-23(30)25(11-12-25)27-24(31)32-14-20-18-9-5-3-7-16(18)17-8-4-6-10-19(17)20/h3-10,15,20-21H,11-14H2,1-2H3,(H,26,30)(H,27,31)(H,28,29)/t21-/m1/s1. The smallest absolute Gasteiger partial charge is 0.408 e. The molecule has 0 radical (unpaired) electrons. The Morgan fingerprint density at radius 3 is 2.09 bits per heavy atom. The first-order valence-electron chi connectivity index (χ1n) is 11.0. The number of rotatable bonds is 8. The minimum Gasteiger partial charge on any atom is -0.480 e. The predicted molar refractivity (Wildman–Crippen MR) is 119 cm³/mol. The lowest BCUT2D eigenvalue weighted by Crippen LogP contribution is -2.53. The highest BCUT2D eigenvalue weighted by Gasteiger charge is 2.52. The number of hydrogen-bond acceptors (Lipinski definition) is 4. The van der Waals surface area contributed by atoms with E-state index in [4.69, 9.17) is 4.74 Å². The van der Waals surface area contributed by atoms with Crippen LogP contribution in [0.15, 0.2) is 48.5 Å². The summed E-state index contributed by atoms with van der Waals surface area (Å²) in [6.45, 7) is 3.94. The number of alkyl carbamates (subject to hydrolysis) is 1. The molecule has 7 heteroatoms. The molecule has 0 spiro atoms. The molecule has 0 unspecified atom stereocenters. The average molecular weight is 437 g/mol. The van der Waals surface area contributed by atoms with Crippen molar-refractivity contribution in [1.82, 2.24) is 10.6 Å². The van der Waals surface area contributed by atoms with Gasteiger partial charge < -0.3 is 20.5 Å². The highest BCUT2D eigenvalue weighted by Crippen LogP contribution is 2.44. The molecule has 1 atom stereocenters. The zero-order valence-electron chi connectivity index (χ0n) is 18.3. The second-order valence-electron chi connectivity index (χ2n) is 9.03. The molecule has 2 amide bonds. The van der Waals surface area contributed by atoms with Gasteiger partial charge in [-0.1, -0.05) is 62.4 Å². The molecule has 1 fully saturated rings. The first-order valence-corrected chi connectivity index (χ1v) is 11.0. The fourth-order valence-electron chi connectivity index (χ4n) is 4.35. The molecular formula is C25H28N2O5. The summed E-state index contributed by atoms with van der Waals surface area (Å²) >= 11 is 0. The third-order valence-electron chi connectivity index (χ3n) is 6.18. The number of carboxylic acid groups (broad SMARTS) is 1. The lowest BCUT2D eigenvalue weighted by Gasteiger charge is -2.22. The highest BCUT2D eigenvalue weighted by molar-refractivity contribution is 5.95. The molecular weight excluding hydrogens is 408 g/mol. The number of hydrogen-bond donors (Lipinski definition) is 3. The van der Waals surface area contributed by atoms with Gasteiger partial charge in [-0.2, -0.15) is 0 Å². The summed E-state index contributed by atoms with van der Waals surface area (Å²) in [6.07, 6.45) is 0.561. The molecule has 7 nitrogen and oxygen atoms in total. The normalized spacial score (nSPS) is 16.6. The van der Waals surface area contributed by atoms with Crippen molar-refractivity contribution in [2.75, 3.05) is 6.61 Å². The molecule has 168 valence electrons. The Balaban J connectivity index is 1.38. The molecule has 4 rings (SSSR count). The number of aliphatic carboxylic acids is 1. The van der Waals surface area contributed by atoms with Gasteiger partial charge in [-0.3, -0.25) is 4.79 Å². The summed E-state index contributed by atoms with van der Waals surface area (Å²) in [6, 6.07) is 15.1. The molecule has 0 aromatic heterocycles. The zero-order chi connectivity index (χ0) is 22.9. The maximum absolute atomic E-state index is 12.7. The van der Waals surface area contributed by atoms with Crippen LogP contribution in [0.25, 0.3) is 11.1 Å². The van der Waals surface area contributed by atoms with Gasteiger partial charge in [0.15, 0.2) is 0 Å². The number of benzene rings is 2. The van der Waals surface area contributed by atoms with Crippen LogP contribution in [0, 0.1) is 5.92 Å². The minimum atomic E-state index is -1.09. The summed E-state index contributed by atoms with van der Waals surface area (Å²) < 4.78 is 5.54. The van der Waals surface area contributed by atoms with Crippen LogP contribution in [0.2, 0.25) is 0 Å². The molecule has 1 saturated carbocycles. The van der Waals surface area contributed by atoms with Gasteiger partial charge in [-0.05, 0) is 47.4 Å². The topological polar surface area (TPSA) is 105 Å². The van der Waals surface area contributed by atoms with Crippen molar-refractivity contribution in [3.8, 4) is 11.1 Å². The third kappa shape index (κ3) is 4.33. The van der Waals surface area contributed by atoms with Gasteiger partial charge in [0.2, 0.25) is 5.91 Å². The van der Waals surface area contributed by atoms with Crippen LogP contribution in [-0.4, -0.2) is 41.3 Å². The third-order valence-corrected chi connectivity index (χ3v) is 6.18. The van der Waals surface area contributed by atoms with E-state index in [2.05, 4.69) is 22.8 Å². The molecule has 32 heavy (non-hydrogen) atoms. The lowest BCUT2D eigenvalue weighted by atomic mass is 9.98. The first kappa shape index (κ1) is 21.9. The van der Waals surface area contributed by atoms with Gasteiger partial charge in [0.25, 0.3) is 0 Å². The SMILES string of the molecule is CC(C)C[C@@H](NC(=O)C1(NC(=O)OCC2c3ccccc3-c3ccccc32)CC1)C(=O)O. The molecule has 2 aromatic carbocycles. The van der Waals surface area contributed by atoms with Crippen molar-refractivity contribution >= 4 is 18.0 Å². The van der Waals surface area contributed by atoms with E-state index in [1.165, 1.54) is 0 Å². The number of ether oxygens (including phenoxy) is 1. The Hall–Kier alpha value is -3.35. The largest absolute Gasteiger partial charge is 0.480 e. The van der Waals surface area contributed by atoms with Crippen molar-refractivity contribution in [2.45, 2.75) is 50.6 Å². The van der Waals surface area contributed by atoms with Crippen LogP contribution in [0.1, 0.15) is 50.2 Å². The minimum absolute atomic E-state index is 0.0698. The van der Waals surface area contributed by atoms with E-state index >= 15 is 0 Å². The van der Waals surface area contributed by atoms with Crippen molar-refractivity contribution in [3.63, 3.8) is 0 Å². The maximum atomic E-state index is 12.7. The Morgan fingerprint density at radius 1 is 1.03 bits per heavy atom. The van der Waals surface area contributed by atoms with Crippen LogP contribution in [0.5, 0.6) is 0 Å². The number of nitrogens with one attached hydrogen (secondary N) is 2. The fourth-order valence-corrected chi connectivity index (χ4v) is 4.35. The number of carbonyl (C=O) groups is 3. The summed E-state index contributed by atoms with van der Waals surface area (Å²) in [5.41, 5.74) is 3.41. The monoisotopic (exact) mass is 436 g/mol. The van der Waals surface area contributed by atoms with Crippen LogP contribution in [-0.2, 0) is 14.3 Å². The Labute approximate surface area is 187 Å². The Kier molecular flexibility index (Phi) is 5.91. The van der Waals surface area contributed by atoms with Crippen LogP contribution in [0.4, 0.5) is 4.79 Å². The quantitative estimate of drug-likeness (QED) is 0.586. The Morgan fingerprint density at radius 2 is 1.59 bits per heavy atom. The van der Waals surface area contributed by atoms with Crippen molar-refractivity contribution < 1.29 is 24.2 Å². The molecule has 0 bridgehead atoms. The van der Waals surface area contributed by atoms with E-state index in [-0.39, 0.29) is 18.4 Å². The van der Waals surface area contributed by atoms with Crippen molar-refractivity contribution in [1.29, 1.82) is 0 Å². The van der Waals surface area contributed by atoms with E-state index in [0.29, 0.717) is 19.3 Å². The zero-order valence-corrected chi connectivity index (χ0v) is 18.3. The van der Waals surface area contributed by atoms with E-state index in [0.717, 1.165) is 22.3 Å². The summed E-state index contributed by atoms with van der Waals surface area (Å²) in [7, 11) is 0. The Bertz CT molecular complexity index is 999. The van der Waals surface area contributed by atoms with E-state index < -0.39 is 29.6 Å². The molecule has 3 N–H and O–H groups in total. The average Bonchev–Trinajstić information content (AvgIpc) is 3.47. The first-order chi connectivity index (χ1) is 15.3. The van der Waals surface area contributed by atoms with Crippen molar-refractivity contribution in [3.05, 3.63) is 59.7 Å². The summed E-state index contributed by atoms with van der Waals surface area (Å²) in [5.74, 6) is -1.51. The van der Waals surface area contributed by atoms with Crippen molar-refractivity contribution in [2.24, 2.45) is 5.92 Å². The molecule has 0 heterocycles. The number of amides is 2. The van der Waals surface area contributed by atoms with E-state index in [9.17, 15) is 19.5 Å². The second-order valence-corrected chi connectivity index (χ2v) is 9.03. The highest BCUT2D eigenvalue weighted by atomic mass is 16.5. The summed E-state index contributed by atoms with van der Waals surface area (Å²) in [4.78, 5) is 36.7. The van der Waals surface area contributed by atoms with Crippen LogP contribution in [0.3, 0.4) is 0 Å². The van der Waals surface area contributed by atoms with E-state index in [1.54, 1.807) is 0 Å². The number of carbonyl (C=O) groups excluding carboxylic acids is 2. The molecule has 0 saturated heterocycles. The van der Waals surface area contributed by atoms with Crippen LogP contribution < -0.4 is 10.6 Å². The summed E-state index contributed by atoms with van der Waals surface area (Å²) in [5, 5.41) is 14.6. The molecule has 0 aliphatic heterocycles. The molecule has 2 aromatic rings. The lowest BCUT2D eigenvalue weighted by molar-refractivity contribution is -0.142. The number of carboxylic acids is 1. The van der Waals surface area contributed by atoms with Gasteiger partial charge in [0, 0.05) is 5.92 Å². The molecule has 2 aliphatic rings. The van der Waals surface area contributed by atoms with E-state index in [1.807, 2.05) is 50.2 Å². The van der Waals surface area contributed by atoms with Gasteiger partial charge >= 0.3 is 12.1 Å². The van der Waals surface area contributed by atoms with Gasteiger partial charge in [-0.25, -0.2) is 9.59 Å². The van der Waals surface area contributed by atoms with Gasteiger partial charge in [0.1, 0.15) is 18.2 Å². The second kappa shape index (κ2) is 8.65. The van der Waals surface area contributed by atoms with Crippen LogP contribution >= 0.6 is 0 Å². The number of fused-ring (bicyclic) bond motifs is 3. The van der Waals surface area contributed by atoms with Gasteiger partial charge in [0.05, 0.1) is 0 Å². The fraction of sp³-hybridized carbons (Fsp3) is 0.400. The maximum Gasteiger partial charge on any atom is 0.408 e.